The van der Waals surface area contributed by atoms with E-state index < -0.39 is 0 Å². The minimum atomic E-state index is -0.332. The molecule has 0 spiro atoms. The van der Waals surface area contributed by atoms with Crippen molar-refractivity contribution in [2.45, 2.75) is 135 Å². The standard InChI is InChI=1S/C34H58O5/c1-5-6-7-8-9-10-11-12-13-14-15-16-17-18-19-20-21-22-23-24-27-39-33(35)26-25-30-28-31(36-2)34(38-4)32(29-30)37-3/h25-26,28-29H,5-24,27H2,1-4H3. The third-order valence-electron chi connectivity index (χ3n) is 7.34. The molecule has 0 fully saturated rings. The highest BCUT2D eigenvalue weighted by molar-refractivity contribution is 5.87. The van der Waals surface area contributed by atoms with E-state index in [1.807, 2.05) is 0 Å². The lowest BCUT2D eigenvalue weighted by Crippen LogP contribution is -2.02. The van der Waals surface area contributed by atoms with Gasteiger partial charge in [-0.25, -0.2) is 4.79 Å². The van der Waals surface area contributed by atoms with Crippen LogP contribution in [0.2, 0.25) is 0 Å². The Hall–Kier alpha value is -2.17. The Labute approximate surface area is 240 Å². The maximum absolute atomic E-state index is 12.1. The molecule has 0 aliphatic heterocycles. The average Bonchev–Trinajstić information content (AvgIpc) is 2.96. The minimum Gasteiger partial charge on any atom is -0.493 e. The summed E-state index contributed by atoms with van der Waals surface area (Å²) in [4.78, 5) is 12.1. The summed E-state index contributed by atoms with van der Waals surface area (Å²) in [7, 11) is 4.70. The van der Waals surface area contributed by atoms with Gasteiger partial charge in [0.25, 0.3) is 0 Å². The van der Waals surface area contributed by atoms with Crippen LogP contribution in [0.3, 0.4) is 0 Å². The molecule has 1 aromatic carbocycles. The van der Waals surface area contributed by atoms with Crippen LogP contribution in [0.5, 0.6) is 17.2 Å². The van der Waals surface area contributed by atoms with E-state index >= 15 is 0 Å². The van der Waals surface area contributed by atoms with Gasteiger partial charge in [-0.1, -0.05) is 129 Å². The summed E-state index contributed by atoms with van der Waals surface area (Å²) < 4.78 is 21.4. The fourth-order valence-electron chi connectivity index (χ4n) is 4.94. The van der Waals surface area contributed by atoms with Crippen molar-refractivity contribution in [3.63, 3.8) is 0 Å². The van der Waals surface area contributed by atoms with Crippen LogP contribution in [-0.2, 0) is 9.53 Å². The molecule has 5 heteroatoms. The van der Waals surface area contributed by atoms with Crippen LogP contribution in [0.25, 0.3) is 6.08 Å². The first kappa shape index (κ1) is 34.9. The quantitative estimate of drug-likeness (QED) is 0.0657. The van der Waals surface area contributed by atoms with Gasteiger partial charge < -0.3 is 18.9 Å². The number of unbranched alkanes of at least 4 members (excludes halogenated alkanes) is 19. The summed E-state index contributed by atoms with van der Waals surface area (Å²) in [6, 6.07) is 3.59. The Morgan fingerprint density at radius 1 is 0.590 bits per heavy atom. The van der Waals surface area contributed by atoms with Gasteiger partial charge in [-0.15, -0.1) is 0 Å². The van der Waals surface area contributed by atoms with E-state index in [0.717, 1.165) is 18.4 Å². The van der Waals surface area contributed by atoms with Crippen molar-refractivity contribution in [1.29, 1.82) is 0 Å². The van der Waals surface area contributed by atoms with Crippen LogP contribution < -0.4 is 14.2 Å². The predicted octanol–water partition coefficient (Wildman–Crippen LogP) is 10.1. The topological polar surface area (TPSA) is 54.0 Å². The molecule has 224 valence electrons. The van der Waals surface area contributed by atoms with E-state index in [1.54, 1.807) is 39.5 Å². The first-order valence-electron chi connectivity index (χ1n) is 15.8. The smallest absolute Gasteiger partial charge is 0.330 e. The molecule has 0 aromatic heterocycles. The second-order valence-corrected chi connectivity index (χ2v) is 10.7. The fraction of sp³-hybridized carbons (Fsp3) is 0.735. The molecule has 0 radical (unpaired) electrons. The van der Waals surface area contributed by atoms with E-state index in [2.05, 4.69) is 6.92 Å². The Kier molecular flexibility index (Phi) is 22.2. The zero-order chi connectivity index (χ0) is 28.4. The molecule has 0 saturated heterocycles. The number of carbonyl (C=O) groups is 1. The molecule has 1 aromatic rings. The molecule has 0 aliphatic rings. The van der Waals surface area contributed by atoms with Crippen LogP contribution in [0.4, 0.5) is 0 Å². The van der Waals surface area contributed by atoms with Crippen LogP contribution in [-0.4, -0.2) is 33.9 Å². The van der Waals surface area contributed by atoms with Gasteiger partial charge in [-0.05, 0) is 30.2 Å². The molecule has 39 heavy (non-hydrogen) atoms. The molecular formula is C34H58O5. The zero-order valence-electron chi connectivity index (χ0n) is 25.7. The number of rotatable bonds is 26. The van der Waals surface area contributed by atoms with Crippen LogP contribution >= 0.6 is 0 Å². The molecule has 0 aliphatic carbocycles. The van der Waals surface area contributed by atoms with E-state index in [0.29, 0.717) is 23.9 Å². The van der Waals surface area contributed by atoms with Crippen molar-refractivity contribution in [3.05, 3.63) is 23.8 Å². The molecule has 0 heterocycles. The monoisotopic (exact) mass is 546 g/mol. The number of esters is 1. The fourth-order valence-corrected chi connectivity index (χ4v) is 4.94. The molecule has 5 nitrogen and oxygen atoms in total. The van der Waals surface area contributed by atoms with Gasteiger partial charge in [0.1, 0.15) is 0 Å². The number of benzene rings is 1. The molecule has 1 rings (SSSR count). The summed E-state index contributed by atoms with van der Waals surface area (Å²) in [6.07, 6.45) is 30.3. The summed E-state index contributed by atoms with van der Waals surface area (Å²) in [5.41, 5.74) is 0.778. The largest absolute Gasteiger partial charge is 0.493 e. The second kappa shape index (κ2) is 24.8. The summed E-state index contributed by atoms with van der Waals surface area (Å²) >= 11 is 0. The lowest BCUT2D eigenvalue weighted by molar-refractivity contribution is -0.137. The van der Waals surface area contributed by atoms with Gasteiger partial charge in [-0.3, -0.25) is 0 Å². The lowest BCUT2D eigenvalue weighted by atomic mass is 10.0. The highest BCUT2D eigenvalue weighted by Crippen LogP contribution is 2.38. The Morgan fingerprint density at radius 2 is 0.974 bits per heavy atom. The van der Waals surface area contributed by atoms with Crippen molar-refractivity contribution in [2.24, 2.45) is 0 Å². The summed E-state index contributed by atoms with van der Waals surface area (Å²) in [6.45, 7) is 2.76. The van der Waals surface area contributed by atoms with E-state index in [-0.39, 0.29) is 5.97 Å². The summed E-state index contributed by atoms with van der Waals surface area (Å²) in [5.74, 6) is 1.30. The van der Waals surface area contributed by atoms with Crippen molar-refractivity contribution in [1.82, 2.24) is 0 Å². The third kappa shape index (κ3) is 17.9. The van der Waals surface area contributed by atoms with Gasteiger partial charge in [0.05, 0.1) is 27.9 Å². The Balaban J connectivity index is 1.93. The van der Waals surface area contributed by atoms with E-state index in [1.165, 1.54) is 122 Å². The Morgan fingerprint density at radius 3 is 1.33 bits per heavy atom. The number of ether oxygens (including phenoxy) is 4. The van der Waals surface area contributed by atoms with Gasteiger partial charge in [0.2, 0.25) is 5.75 Å². The van der Waals surface area contributed by atoms with Crippen molar-refractivity contribution in [3.8, 4) is 17.2 Å². The van der Waals surface area contributed by atoms with E-state index in [4.69, 9.17) is 18.9 Å². The number of methoxy groups -OCH3 is 3. The maximum Gasteiger partial charge on any atom is 0.330 e. The van der Waals surface area contributed by atoms with Crippen LogP contribution in [0, 0.1) is 0 Å². The Bertz CT molecular complexity index is 733. The summed E-state index contributed by atoms with van der Waals surface area (Å²) in [5, 5.41) is 0. The minimum absolute atomic E-state index is 0.332. The first-order chi connectivity index (χ1) is 19.2. The van der Waals surface area contributed by atoms with Gasteiger partial charge in [0.15, 0.2) is 11.5 Å². The molecule has 0 unspecified atom stereocenters. The molecule has 0 saturated carbocycles. The highest BCUT2D eigenvalue weighted by Gasteiger charge is 2.12. The zero-order valence-corrected chi connectivity index (χ0v) is 25.7. The molecular weight excluding hydrogens is 488 g/mol. The van der Waals surface area contributed by atoms with Crippen molar-refractivity contribution >= 4 is 12.0 Å². The second-order valence-electron chi connectivity index (χ2n) is 10.7. The van der Waals surface area contributed by atoms with Crippen LogP contribution in [0.1, 0.15) is 141 Å². The number of hydrogen-bond donors (Lipinski definition) is 0. The number of carbonyl (C=O) groups excluding carboxylic acids is 1. The normalized spacial score (nSPS) is 11.2. The van der Waals surface area contributed by atoms with Crippen LogP contribution in [0.15, 0.2) is 18.2 Å². The van der Waals surface area contributed by atoms with Gasteiger partial charge in [-0.2, -0.15) is 0 Å². The highest BCUT2D eigenvalue weighted by atomic mass is 16.5. The maximum atomic E-state index is 12.1. The molecule has 0 amide bonds. The van der Waals surface area contributed by atoms with Crippen molar-refractivity contribution in [2.75, 3.05) is 27.9 Å². The van der Waals surface area contributed by atoms with E-state index in [9.17, 15) is 4.79 Å². The third-order valence-corrected chi connectivity index (χ3v) is 7.34. The number of hydrogen-bond acceptors (Lipinski definition) is 5. The molecule has 0 N–H and O–H groups in total. The van der Waals surface area contributed by atoms with Crippen molar-refractivity contribution < 1.29 is 23.7 Å². The molecule has 0 atom stereocenters. The first-order valence-corrected chi connectivity index (χ1v) is 15.8. The van der Waals surface area contributed by atoms with Gasteiger partial charge >= 0.3 is 5.97 Å². The molecule has 0 bridgehead atoms. The average molecular weight is 547 g/mol. The van der Waals surface area contributed by atoms with Gasteiger partial charge in [0, 0.05) is 6.08 Å². The lowest BCUT2D eigenvalue weighted by Gasteiger charge is -2.12. The predicted molar refractivity (Wildman–Crippen MR) is 164 cm³/mol. The SMILES string of the molecule is CCCCCCCCCCCCCCCCCCCCCCOC(=O)C=Cc1cc(OC)c(OC)c(OC)c1.